The molecule has 1 aromatic rings. The van der Waals surface area contributed by atoms with E-state index in [1.807, 2.05) is 24.3 Å². The predicted octanol–water partition coefficient (Wildman–Crippen LogP) is -0.154. The Bertz CT molecular complexity index is 684. The lowest BCUT2D eigenvalue weighted by molar-refractivity contribution is -0.138. The van der Waals surface area contributed by atoms with E-state index in [9.17, 15) is 13.2 Å². The first kappa shape index (κ1) is 16.2. The van der Waals surface area contributed by atoms with E-state index >= 15 is 0 Å². The fraction of sp³-hybridized carbons (Fsp3) is 0.533. The number of hydrogen-bond donors (Lipinski definition) is 1. The smallest absolute Gasteiger partial charge is 0.279 e. The van der Waals surface area contributed by atoms with Crippen LogP contribution in [0.5, 0.6) is 5.75 Å². The summed E-state index contributed by atoms with van der Waals surface area (Å²) in [6, 6.07) is 7.75. The molecule has 1 unspecified atom stereocenters. The summed E-state index contributed by atoms with van der Waals surface area (Å²) >= 11 is 0. The lowest BCUT2D eigenvalue weighted by Crippen LogP contribution is -2.54. The standard InChI is InChI=1S/C15H21N3O4S/c1-16-23(20,21)18-8-6-17(7-9-18)15(19)13-10-12-4-2-3-5-14(12)22-11-13/h2-5,13,16H,6-11H2,1H3. The number of hydrogen-bond acceptors (Lipinski definition) is 4. The van der Waals surface area contributed by atoms with E-state index in [2.05, 4.69) is 4.72 Å². The van der Waals surface area contributed by atoms with Crippen molar-refractivity contribution in [3.63, 3.8) is 0 Å². The molecule has 0 spiro atoms. The molecule has 2 aliphatic rings. The number of amides is 1. The zero-order valence-corrected chi connectivity index (χ0v) is 13.9. The molecule has 0 aromatic heterocycles. The number of rotatable bonds is 3. The van der Waals surface area contributed by atoms with Gasteiger partial charge in [-0.2, -0.15) is 12.7 Å². The summed E-state index contributed by atoms with van der Waals surface area (Å²) in [4.78, 5) is 14.4. The van der Waals surface area contributed by atoms with Crippen molar-refractivity contribution in [1.29, 1.82) is 0 Å². The second-order valence-electron chi connectivity index (χ2n) is 5.75. The molecule has 126 valence electrons. The third-order valence-corrected chi connectivity index (χ3v) is 5.94. The van der Waals surface area contributed by atoms with Gasteiger partial charge in [-0.25, -0.2) is 4.72 Å². The zero-order chi connectivity index (χ0) is 16.4. The summed E-state index contributed by atoms with van der Waals surface area (Å²) < 4.78 is 32.9. The van der Waals surface area contributed by atoms with Crippen LogP contribution in [0.3, 0.4) is 0 Å². The average Bonchev–Trinajstić information content (AvgIpc) is 2.60. The Balaban J connectivity index is 1.61. The number of nitrogens with zero attached hydrogens (tertiary/aromatic N) is 2. The first-order valence-corrected chi connectivity index (χ1v) is 9.13. The Kier molecular flexibility index (Phi) is 4.56. The lowest BCUT2D eigenvalue weighted by atomic mass is 9.95. The van der Waals surface area contributed by atoms with Crippen molar-refractivity contribution in [2.24, 2.45) is 5.92 Å². The van der Waals surface area contributed by atoms with Gasteiger partial charge in [-0.05, 0) is 18.1 Å². The molecule has 8 heteroatoms. The van der Waals surface area contributed by atoms with Crippen LogP contribution in [0.1, 0.15) is 5.56 Å². The van der Waals surface area contributed by atoms with Crippen LogP contribution in [0.15, 0.2) is 24.3 Å². The number of ether oxygens (including phenoxy) is 1. The lowest BCUT2D eigenvalue weighted by Gasteiger charge is -2.36. The largest absolute Gasteiger partial charge is 0.492 e. The zero-order valence-electron chi connectivity index (χ0n) is 13.1. The number of carbonyl (C=O) groups is 1. The van der Waals surface area contributed by atoms with Gasteiger partial charge in [0.25, 0.3) is 10.2 Å². The van der Waals surface area contributed by atoms with Gasteiger partial charge in [-0.15, -0.1) is 0 Å². The predicted molar refractivity (Wildman–Crippen MR) is 85.3 cm³/mol. The molecular weight excluding hydrogens is 318 g/mol. The third-order valence-electron chi connectivity index (χ3n) is 4.38. The van der Waals surface area contributed by atoms with E-state index in [1.165, 1.54) is 11.4 Å². The minimum Gasteiger partial charge on any atom is -0.492 e. The highest BCUT2D eigenvalue weighted by atomic mass is 32.2. The molecule has 0 aliphatic carbocycles. The fourth-order valence-corrected chi connectivity index (χ4v) is 3.92. The number of benzene rings is 1. The van der Waals surface area contributed by atoms with Crippen LogP contribution in [-0.4, -0.2) is 63.4 Å². The van der Waals surface area contributed by atoms with E-state index < -0.39 is 10.2 Å². The molecule has 1 saturated heterocycles. The first-order chi connectivity index (χ1) is 11.0. The van der Waals surface area contributed by atoms with Gasteiger partial charge in [-0.3, -0.25) is 4.79 Å². The van der Waals surface area contributed by atoms with Crippen molar-refractivity contribution in [2.75, 3.05) is 39.8 Å². The SMILES string of the molecule is CNS(=O)(=O)N1CCN(C(=O)C2COc3ccccc3C2)CC1. The molecule has 1 atom stereocenters. The maximum absolute atomic E-state index is 12.7. The quantitative estimate of drug-likeness (QED) is 0.830. The average molecular weight is 339 g/mol. The number of fused-ring (bicyclic) bond motifs is 1. The Labute approximate surface area is 136 Å². The van der Waals surface area contributed by atoms with Crippen molar-refractivity contribution in [3.8, 4) is 5.75 Å². The summed E-state index contributed by atoms with van der Waals surface area (Å²) in [6.07, 6.45) is 0.671. The maximum atomic E-state index is 12.7. The van der Waals surface area contributed by atoms with Crippen molar-refractivity contribution in [3.05, 3.63) is 29.8 Å². The minimum absolute atomic E-state index is 0.0426. The van der Waals surface area contributed by atoms with Crippen LogP contribution >= 0.6 is 0 Å². The summed E-state index contributed by atoms with van der Waals surface area (Å²) in [5.74, 6) is 0.694. The molecule has 0 radical (unpaired) electrons. The molecule has 1 fully saturated rings. The second kappa shape index (κ2) is 6.46. The van der Waals surface area contributed by atoms with Crippen molar-refractivity contribution >= 4 is 16.1 Å². The highest BCUT2D eigenvalue weighted by Crippen LogP contribution is 2.28. The number of carbonyl (C=O) groups excluding carboxylic acids is 1. The van der Waals surface area contributed by atoms with Gasteiger partial charge in [0.2, 0.25) is 5.91 Å². The Morgan fingerprint density at radius 2 is 1.91 bits per heavy atom. The van der Waals surface area contributed by atoms with E-state index in [0.717, 1.165) is 11.3 Å². The van der Waals surface area contributed by atoms with E-state index in [0.29, 0.717) is 39.2 Å². The topological polar surface area (TPSA) is 79.0 Å². The molecule has 7 nitrogen and oxygen atoms in total. The van der Waals surface area contributed by atoms with Gasteiger partial charge >= 0.3 is 0 Å². The minimum atomic E-state index is -3.41. The normalized spacial score (nSPS) is 22.3. The highest BCUT2D eigenvalue weighted by Gasteiger charge is 2.33. The van der Waals surface area contributed by atoms with E-state index in [-0.39, 0.29) is 11.8 Å². The molecule has 0 bridgehead atoms. The number of piperazine rings is 1. The fourth-order valence-electron chi connectivity index (χ4n) is 3.02. The summed E-state index contributed by atoms with van der Waals surface area (Å²) in [5, 5.41) is 0. The molecule has 23 heavy (non-hydrogen) atoms. The molecule has 0 saturated carbocycles. The van der Waals surface area contributed by atoms with Gasteiger partial charge in [0, 0.05) is 33.2 Å². The number of para-hydroxylation sites is 1. The van der Waals surface area contributed by atoms with Gasteiger partial charge in [0.05, 0.1) is 5.92 Å². The van der Waals surface area contributed by atoms with Crippen LogP contribution in [0.2, 0.25) is 0 Å². The van der Waals surface area contributed by atoms with E-state index in [4.69, 9.17) is 4.74 Å². The molecule has 3 rings (SSSR count). The Morgan fingerprint density at radius 1 is 1.22 bits per heavy atom. The number of nitrogens with one attached hydrogen (secondary N) is 1. The maximum Gasteiger partial charge on any atom is 0.279 e. The van der Waals surface area contributed by atoms with Crippen LogP contribution in [0, 0.1) is 5.92 Å². The summed E-state index contributed by atoms with van der Waals surface area (Å²) in [5.41, 5.74) is 1.05. The summed E-state index contributed by atoms with van der Waals surface area (Å²) in [6.45, 7) is 1.85. The molecular formula is C15H21N3O4S. The van der Waals surface area contributed by atoms with Gasteiger partial charge in [0.1, 0.15) is 12.4 Å². The highest BCUT2D eigenvalue weighted by molar-refractivity contribution is 7.87. The second-order valence-corrected chi connectivity index (χ2v) is 7.63. The van der Waals surface area contributed by atoms with Crippen molar-refractivity contribution < 1.29 is 17.9 Å². The van der Waals surface area contributed by atoms with Crippen LogP contribution in [0.25, 0.3) is 0 Å². The van der Waals surface area contributed by atoms with Crippen LogP contribution in [0.4, 0.5) is 0 Å². The first-order valence-electron chi connectivity index (χ1n) is 7.69. The van der Waals surface area contributed by atoms with Crippen molar-refractivity contribution in [2.45, 2.75) is 6.42 Å². The Morgan fingerprint density at radius 3 is 2.61 bits per heavy atom. The molecule has 1 N–H and O–H groups in total. The van der Waals surface area contributed by atoms with Gasteiger partial charge < -0.3 is 9.64 Å². The van der Waals surface area contributed by atoms with Gasteiger partial charge in [0.15, 0.2) is 0 Å². The van der Waals surface area contributed by atoms with Crippen LogP contribution < -0.4 is 9.46 Å². The summed E-state index contributed by atoms with van der Waals surface area (Å²) in [7, 11) is -2.02. The molecule has 2 heterocycles. The van der Waals surface area contributed by atoms with Crippen LogP contribution in [-0.2, 0) is 21.4 Å². The monoisotopic (exact) mass is 339 g/mol. The van der Waals surface area contributed by atoms with E-state index in [1.54, 1.807) is 4.90 Å². The third kappa shape index (κ3) is 3.34. The molecule has 1 amide bonds. The Hall–Kier alpha value is -1.64. The molecule has 1 aromatic carbocycles. The van der Waals surface area contributed by atoms with Gasteiger partial charge in [-0.1, -0.05) is 18.2 Å². The molecule has 2 aliphatic heterocycles. The van der Waals surface area contributed by atoms with Crippen molar-refractivity contribution in [1.82, 2.24) is 13.9 Å².